The Bertz CT molecular complexity index is 1290. The number of hydrogen-bond donors (Lipinski definition) is 1. The van der Waals surface area contributed by atoms with Gasteiger partial charge in [-0.05, 0) is 30.9 Å². The number of anilines is 1. The van der Waals surface area contributed by atoms with E-state index in [-0.39, 0.29) is 11.9 Å². The molecule has 1 aliphatic heterocycles. The highest BCUT2D eigenvalue weighted by molar-refractivity contribution is 5.92. The second kappa shape index (κ2) is 8.02. The van der Waals surface area contributed by atoms with Gasteiger partial charge in [0, 0.05) is 31.5 Å². The molecule has 3 unspecified atom stereocenters. The van der Waals surface area contributed by atoms with E-state index < -0.39 is 40.4 Å². The summed E-state index contributed by atoms with van der Waals surface area (Å²) in [4.78, 5) is 18.8. The van der Waals surface area contributed by atoms with Crippen molar-refractivity contribution in [2.24, 2.45) is 13.0 Å². The maximum Gasteiger partial charge on any atom is 0.417 e. The first kappa shape index (κ1) is 23.2. The molecule has 2 fully saturated rings. The number of nitrogens with zero attached hydrogens (tertiary/aromatic N) is 6. The molecule has 0 spiro atoms. The Labute approximate surface area is 197 Å². The van der Waals surface area contributed by atoms with Gasteiger partial charge < -0.3 is 14.6 Å². The summed E-state index contributed by atoms with van der Waals surface area (Å²) in [7, 11) is 1.50. The molecule has 5 rings (SSSR count). The predicted octanol–water partition coefficient (Wildman–Crippen LogP) is 4.52. The zero-order valence-corrected chi connectivity index (χ0v) is 19.2. The molecule has 35 heavy (non-hydrogen) atoms. The van der Waals surface area contributed by atoms with Crippen LogP contribution in [-0.4, -0.2) is 41.9 Å². The van der Waals surface area contributed by atoms with Crippen LogP contribution < -0.4 is 5.32 Å². The zero-order valence-electron chi connectivity index (χ0n) is 19.2. The molecule has 1 saturated heterocycles. The summed E-state index contributed by atoms with van der Waals surface area (Å²) in [5, 5.41) is 14.5. The Morgan fingerprint density at radius 1 is 1.29 bits per heavy atom. The maximum absolute atomic E-state index is 14.8. The van der Waals surface area contributed by atoms with Gasteiger partial charge in [0.1, 0.15) is 17.7 Å². The van der Waals surface area contributed by atoms with Crippen molar-refractivity contribution in [2.45, 2.75) is 57.3 Å². The van der Waals surface area contributed by atoms with Crippen LogP contribution in [0, 0.1) is 11.7 Å². The number of hydrogen-bond acceptors (Lipinski definition) is 6. The van der Waals surface area contributed by atoms with Crippen molar-refractivity contribution in [3.05, 3.63) is 41.6 Å². The summed E-state index contributed by atoms with van der Waals surface area (Å²) in [6, 6.07) is 0.480. The van der Waals surface area contributed by atoms with E-state index in [0.29, 0.717) is 43.0 Å². The van der Waals surface area contributed by atoms with Gasteiger partial charge in [0.2, 0.25) is 11.8 Å². The number of nitrogens with one attached hydrogen (secondary N) is 1. The largest absolute Gasteiger partial charge is 0.423 e. The van der Waals surface area contributed by atoms with E-state index >= 15 is 0 Å². The molecule has 186 valence electrons. The molecule has 3 aromatic rings. The number of likely N-dealkylation sites (tertiary alicyclic amines) is 1. The third-order valence-electron chi connectivity index (χ3n) is 6.64. The third-order valence-corrected chi connectivity index (χ3v) is 6.64. The average Bonchev–Trinajstić information content (AvgIpc) is 3.42. The minimum absolute atomic E-state index is 0.134. The number of carbonyl (C=O) groups excluding carboxylic acids is 1. The van der Waals surface area contributed by atoms with Crippen LogP contribution in [0.4, 0.5) is 28.0 Å². The number of rotatable bonds is 4. The predicted molar refractivity (Wildman–Crippen MR) is 114 cm³/mol. The number of aryl methyl sites for hydroxylation is 2. The molecular formula is C22H23F4N7O2. The fourth-order valence-corrected chi connectivity index (χ4v) is 5.26. The SMILES string of the molecule is CCc1nnc(C23CC(C)CC(C2)N3C(=O)Nc2cc(-c3ncn(C)n3)c(C(F)(F)F)cc2F)o1. The number of urea groups is 1. The van der Waals surface area contributed by atoms with Crippen LogP contribution >= 0.6 is 0 Å². The van der Waals surface area contributed by atoms with Gasteiger partial charge in [-0.25, -0.2) is 14.2 Å². The highest BCUT2D eigenvalue weighted by Crippen LogP contribution is 2.55. The summed E-state index contributed by atoms with van der Waals surface area (Å²) in [5.41, 5.74) is -2.91. The second-order valence-electron chi connectivity index (χ2n) is 9.21. The fourth-order valence-electron chi connectivity index (χ4n) is 5.26. The topological polar surface area (TPSA) is 102 Å². The van der Waals surface area contributed by atoms with Crippen LogP contribution in [0.3, 0.4) is 0 Å². The van der Waals surface area contributed by atoms with Gasteiger partial charge in [-0.3, -0.25) is 4.68 Å². The van der Waals surface area contributed by atoms with Crippen molar-refractivity contribution < 1.29 is 26.8 Å². The quantitative estimate of drug-likeness (QED) is 0.537. The molecule has 13 heteroatoms. The fraction of sp³-hybridized carbons (Fsp3) is 0.500. The first-order chi connectivity index (χ1) is 16.5. The van der Waals surface area contributed by atoms with E-state index in [1.54, 1.807) is 4.90 Å². The Kier molecular flexibility index (Phi) is 5.33. The second-order valence-corrected chi connectivity index (χ2v) is 9.21. The van der Waals surface area contributed by atoms with Crippen LogP contribution in [-0.2, 0) is 25.2 Å². The van der Waals surface area contributed by atoms with Crippen LogP contribution in [0.2, 0.25) is 0 Å². The molecule has 2 aromatic heterocycles. The van der Waals surface area contributed by atoms with E-state index in [1.807, 2.05) is 6.92 Å². The van der Waals surface area contributed by atoms with Crippen LogP contribution in [0.15, 0.2) is 22.9 Å². The minimum Gasteiger partial charge on any atom is -0.423 e. The van der Waals surface area contributed by atoms with Crippen LogP contribution in [0.1, 0.15) is 50.5 Å². The Hall–Kier alpha value is -3.51. The Morgan fingerprint density at radius 2 is 2.06 bits per heavy atom. The van der Waals surface area contributed by atoms with Crippen molar-refractivity contribution in [2.75, 3.05) is 5.32 Å². The van der Waals surface area contributed by atoms with Gasteiger partial charge >= 0.3 is 12.2 Å². The summed E-state index contributed by atoms with van der Waals surface area (Å²) < 4.78 is 62.7. The minimum atomic E-state index is -4.85. The lowest BCUT2D eigenvalue weighted by molar-refractivity contribution is -0.137. The Morgan fingerprint density at radius 3 is 2.69 bits per heavy atom. The smallest absolute Gasteiger partial charge is 0.417 e. The van der Waals surface area contributed by atoms with Gasteiger partial charge in [0.25, 0.3) is 0 Å². The summed E-state index contributed by atoms with van der Waals surface area (Å²) in [6.45, 7) is 3.93. The summed E-state index contributed by atoms with van der Waals surface area (Å²) >= 11 is 0. The molecule has 9 nitrogen and oxygen atoms in total. The highest BCUT2D eigenvalue weighted by Gasteiger charge is 2.62. The van der Waals surface area contributed by atoms with Crippen molar-refractivity contribution in [3.8, 4) is 11.4 Å². The van der Waals surface area contributed by atoms with E-state index in [4.69, 9.17) is 4.42 Å². The molecule has 1 saturated carbocycles. The van der Waals surface area contributed by atoms with Crippen LogP contribution in [0.5, 0.6) is 0 Å². The molecule has 0 radical (unpaired) electrons. The first-order valence-corrected chi connectivity index (χ1v) is 11.2. The lowest BCUT2D eigenvalue weighted by Gasteiger charge is -2.61. The van der Waals surface area contributed by atoms with Gasteiger partial charge in [-0.15, -0.1) is 10.2 Å². The zero-order chi connectivity index (χ0) is 25.1. The van der Waals surface area contributed by atoms with Crippen LogP contribution in [0.25, 0.3) is 11.4 Å². The molecule has 2 amide bonds. The van der Waals surface area contributed by atoms with Gasteiger partial charge in [0.05, 0.1) is 11.3 Å². The number of halogens is 4. The number of piperidine rings is 1. The number of carbonyl (C=O) groups is 1. The molecule has 2 bridgehead atoms. The third kappa shape index (κ3) is 3.82. The van der Waals surface area contributed by atoms with E-state index in [9.17, 15) is 22.4 Å². The van der Waals surface area contributed by atoms with E-state index in [2.05, 4.69) is 32.5 Å². The number of benzene rings is 1. The average molecular weight is 493 g/mol. The number of aromatic nitrogens is 5. The lowest BCUT2D eigenvalue weighted by atomic mass is 9.64. The Balaban J connectivity index is 1.49. The molecule has 3 heterocycles. The van der Waals surface area contributed by atoms with Crippen molar-refractivity contribution in [1.29, 1.82) is 0 Å². The standard InChI is InChI=1S/C22H23F4N7O2/c1-4-17-29-30-19(35-17)21-8-11(2)5-12(9-21)33(21)20(34)28-16-6-13(18-27-10-32(3)31-18)14(7-15(16)23)22(24,25)26/h6-7,10-12H,4-5,8-9H2,1-3H3,(H,28,34). The molecule has 1 aliphatic carbocycles. The maximum atomic E-state index is 14.8. The van der Waals surface area contributed by atoms with Gasteiger partial charge in [-0.2, -0.15) is 18.3 Å². The summed E-state index contributed by atoms with van der Waals surface area (Å²) in [6.07, 6.45) is -1.13. The van der Waals surface area contributed by atoms with Crippen molar-refractivity contribution >= 4 is 11.7 Å². The molecule has 1 aromatic carbocycles. The normalized spacial score (nSPS) is 23.8. The molecule has 3 atom stereocenters. The number of fused-ring (bicyclic) bond motifs is 2. The molecule has 1 N–H and O–H groups in total. The molecular weight excluding hydrogens is 470 g/mol. The first-order valence-electron chi connectivity index (χ1n) is 11.2. The van der Waals surface area contributed by atoms with Crippen molar-refractivity contribution in [1.82, 2.24) is 29.9 Å². The number of alkyl halides is 3. The highest BCUT2D eigenvalue weighted by atomic mass is 19.4. The van der Waals surface area contributed by atoms with Crippen molar-refractivity contribution in [3.63, 3.8) is 0 Å². The van der Waals surface area contributed by atoms with Gasteiger partial charge in [-0.1, -0.05) is 13.8 Å². The lowest BCUT2D eigenvalue weighted by Crippen LogP contribution is -2.70. The van der Waals surface area contributed by atoms with Gasteiger partial charge in [0.15, 0.2) is 5.82 Å². The monoisotopic (exact) mass is 493 g/mol. The number of amides is 2. The summed E-state index contributed by atoms with van der Waals surface area (Å²) in [5.74, 6) is -0.403. The molecule has 2 aliphatic rings. The van der Waals surface area contributed by atoms with E-state index in [0.717, 1.165) is 12.5 Å². The van der Waals surface area contributed by atoms with E-state index in [1.165, 1.54) is 18.1 Å².